The van der Waals surface area contributed by atoms with E-state index in [1.54, 1.807) is 17.3 Å². The summed E-state index contributed by atoms with van der Waals surface area (Å²) in [6.45, 7) is 8.58. The molecule has 45 heavy (non-hydrogen) atoms. The van der Waals surface area contributed by atoms with E-state index in [0.717, 1.165) is 69.7 Å². The van der Waals surface area contributed by atoms with Gasteiger partial charge in [0, 0.05) is 60.8 Å². The Bertz CT molecular complexity index is 2060. The second kappa shape index (κ2) is 9.97. The second-order valence-corrected chi connectivity index (χ2v) is 13.3. The van der Waals surface area contributed by atoms with Crippen LogP contribution in [0, 0.1) is 5.41 Å². The van der Waals surface area contributed by atoms with Gasteiger partial charge in [-0.3, -0.25) is 19.9 Å². The number of piperazine rings is 1. The van der Waals surface area contributed by atoms with Gasteiger partial charge in [-0.25, -0.2) is 14.3 Å². The van der Waals surface area contributed by atoms with Crippen molar-refractivity contribution in [1.29, 1.82) is 0 Å². The van der Waals surface area contributed by atoms with E-state index in [1.165, 1.54) is 5.56 Å². The molecule has 2 N–H and O–H groups in total. The number of nitrogens with zero attached hydrogens (tertiary/aromatic N) is 7. The summed E-state index contributed by atoms with van der Waals surface area (Å²) in [5.41, 5.74) is 8.13. The van der Waals surface area contributed by atoms with Crippen LogP contribution in [0.3, 0.4) is 0 Å². The van der Waals surface area contributed by atoms with Crippen LogP contribution in [-0.2, 0) is 6.54 Å². The van der Waals surface area contributed by atoms with Crippen molar-refractivity contribution < 1.29 is 9.90 Å². The average molecular weight is 599 g/mol. The minimum atomic E-state index is -0.810. The maximum Gasteiger partial charge on any atom is 0.407 e. The Morgan fingerprint density at radius 3 is 2.58 bits per heavy atom. The van der Waals surface area contributed by atoms with Gasteiger partial charge in [0.25, 0.3) is 0 Å². The Labute approximate surface area is 260 Å². The first-order valence-corrected chi connectivity index (χ1v) is 15.3. The monoisotopic (exact) mass is 598 g/mol. The first-order chi connectivity index (χ1) is 21.7. The standard InChI is InChI=1S/C35H34N8O2/c1-34(2,3)35-17-25(20-42(35)33(44)45)41(21-35)19-22-7-9-23(10-8-22)29-13-16-37-32-30(26-5-4-6-28-27(26)18-38-39-28)31(40-43(29)32)24-11-14-36-15-12-24/h4-16,18,25H,17,19-21H2,1-3H3,(H,38,39)(H,44,45)/t25-,35+/m0/s1. The number of hydrogen-bond acceptors (Lipinski definition) is 6. The number of H-pyrrole nitrogens is 1. The molecule has 2 aromatic carbocycles. The molecule has 8 rings (SSSR count). The SMILES string of the molecule is CC(C)(C)[C@]12C[C@@H](CN1C(=O)O)N(Cc1ccc(-c3ccnc4c(-c5cccc6[nH]ncc56)c(-c5ccncc5)nn34)cc1)C2. The number of carboxylic acid groups (broad SMARTS) is 1. The lowest BCUT2D eigenvalue weighted by Gasteiger charge is -2.48. The summed E-state index contributed by atoms with van der Waals surface area (Å²) in [4.78, 5) is 25.3. The molecule has 6 heterocycles. The van der Waals surface area contributed by atoms with E-state index >= 15 is 0 Å². The topological polar surface area (TPSA) is 116 Å². The van der Waals surface area contributed by atoms with E-state index < -0.39 is 6.09 Å². The molecule has 0 radical (unpaired) electrons. The van der Waals surface area contributed by atoms with Crippen molar-refractivity contribution >= 4 is 22.6 Å². The zero-order valence-electron chi connectivity index (χ0n) is 25.5. The summed E-state index contributed by atoms with van der Waals surface area (Å²) in [7, 11) is 0. The molecule has 10 nitrogen and oxygen atoms in total. The largest absolute Gasteiger partial charge is 0.465 e. The number of amides is 1. The molecule has 226 valence electrons. The summed E-state index contributed by atoms with van der Waals surface area (Å²) in [5.74, 6) is 0. The van der Waals surface area contributed by atoms with Gasteiger partial charge < -0.3 is 5.11 Å². The number of benzene rings is 2. The van der Waals surface area contributed by atoms with Crippen LogP contribution in [0.2, 0.25) is 0 Å². The fourth-order valence-corrected chi connectivity index (χ4v) is 7.53. The number of rotatable bonds is 5. The van der Waals surface area contributed by atoms with E-state index in [-0.39, 0.29) is 17.0 Å². The Hall–Kier alpha value is -5.09. The fourth-order valence-electron chi connectivity index (χ4n) is 7.53. The quantitative estimate of drug-likeness (QED) is 0.237. The van der Waals surface area contributed by atoms with Gasteiger partial charge in [0.1, 0.15) is 5.69 Å². The maximum absolute atomic E-state index is 12.1. The molecule has 10 heteroatoms. The van der Waals surface area contributed by atoms with Gasteiger partial charge in [-0.15, -0.1) is 0 Å². The Morgan fingerprint density at radius 2 is 1.82 bits per heavy atom. The van der Waals surface area contributed by atoms with Crippen LogP contribution in [0.4, 0.5) is 4.79 Å². The molecule has 2 aliphatic rings. The zero-order valence-corrected chi connectivity index (χ0v) is 25.5. The molecule has 2 saturated heterocycles. The highest BCUT2D eigenvalue weighted by Gasteiger charge is 2.61. The van der Waals surface area contributed by atoms with Crippen molar-refractivity contribution in [1.82, 2.24) is 39.6 Å². The van der Waals surface area contributed by atoms with Crippen LogP contribution in [0.25, 0.3) is 50.2 Å². The number of likely N-dealkylation sites (tertiary alicyclic amines) is 2. The zero-order chi connectivity index (χ0) is 30.9. The van der Waals surface area contributed by atoms with Crippen LogP contribution >= 0.6 is 0 Å². The van der Waals surface area contributed by atoms with Gasteiger partial charge in [-0.1, -0.05) is 57.2 Å². The number of aromatic nitrogens is 6. The van der Waals surface area contributed by atoms with Gasteiger partial charge in [0.05, 0.1) is 28.5 Å². The van der Waals surface area contributed by atoms with Crippen molar-refractivity contribution in [2.45, 2.75) is 45.3 Å². The lowest BCUT2D eigenvalue weighted by Crippen LogP contribution is -2.61. The van der Waals surface area contributed by atoms with Gasteiger partial charge in [-0.05, 0) is 47.2 Å². The van der Waals surface area contributed by atoms with E-state index in [2.05, 4.69) is 71.2 Å². The molecular formula is C35H34N8O2. The van der Waals surface area contributed by atoms with Gasteiger partial charge in [0.2, 0.25) is 0 Å². The molecular weight excluding hydrogens is 564 g/mol. The normalized spacial score (nSPS) is 20.1. The molecule has 1 amide bonds. The van der Waals surface area contributed by atoms with E-state index in [9.17, 15) is 9.90 Å². The van der Waals surface area contributed by atoms with Gasteiger partial charge in [0.15, 0.2) is 5.65 Å². The second-order valence-electron chi connectivity index (χ2n) is 13.3. The highest BCUT2D eigenvalue weighted by atomic mass is 16.4. The van der Waals surface area contributed by atoms with Crippen molar-refractivity contribution in [3.8, 4) is 33.6 Å². The third-order valence-electron chi connectivity index (χ3n) is 9.95. The minimum absolute atomic E-state index is 0.146. The summed E-state index contributed by atoms with van der Waals surface area (Å²) in [6, 6.07) is 20.9. The summed E-state index contributed by atoms with van der Waals surface area (Å²) >= 11 is 0. The molecule has 0 spiro atoms. The lowest BCUT2D eigenvalue weighted by molar-refractivity contribution is 0.000906. The average Bonchev–Trinajstić information content (AvgIpc) is 3.83. The molecule has 0 unspecified atom stereocenters. The molecule has 4 aromatic heterocycles. The van der Waals surface area contributed by atoms with Gasteiger partial charge >= 0.3 is 6.09 Å². The number of nitrogens with one attached hydrogen (secondary N) is 1. The number of hydrogen-bond donors (Lipinski definition) is 2. The highest BCUT2D eigenvalue weighted by Crippen LogP contribution is 2.50. The Balaban J connectivity index is 1.15. The summed E-state index contributed by atoms with van der Waals surface area (Å²) in [5, 5.41) is 23.5. The van der Waals surface area contributed by atoms with Crippen molar-refractivity contribution in [3.05, 3.63) is 91.0 Å². The number of fused-ring (bicyclic) bond motifs is 4. The van der Waals surface area contributed by atoms with Crippen LogP contribution in [0.5, 0.6) is 0 Å². The highest BCUT2D eigenvalue weighted by molar-refractivity contribution is 6.02. The third kappa shape index (κ3) is 4.23. The molecule has 0 aliphatic carbocycles. The molecule has 2 aliphatic heterocycles. The predicted octanol–water partition coefficient (Wildman–Crippen LogP) is 6.35. The first kappa shape index (κ1) is 27.5. The van der Waals surface area contributed by atoms with Crippen molar-refractivity contribution in [2.24, 2.45) is 5.41 Å². The Kier molecular flexibility index (Phi) is 6.08. The van der Waals surface area contributed by atoms with Gasteiger partial charge in [-0.2, -0.15) is 10.2 Å². The summed E-state index contributed by atoms with van der Waals surface area (Å²) < 4.78 is 1.94. The summed E-state index contributed by atoms with van der Waals surface area (Å²) in [6.07, 6.45) is 7.32. The third-order valence-corrected chi connectivity index (χ3v) is 9.95. The van der Waals surface area contributed by atoms with E-state index in [4.69, 9.17) is 10.1 Å². The molecule has 2 bridgehead atoms. The van der Waals surface area contributed by atoms with E-state index in [0.29, 0.717) is 6.54 Å². The number of carbonyl (C=O) groups is 1. The van der Waals surface area contributed by atoms with Crippen molar-refractivity contribution in [2.75, 3.05) is 13.1 Å². The first-order valence-electron chi connectivity index (χ1n) is 15.3. The fraction of sp³-hybridized carbons (Fsp3) is 0.286. The minimum Gasteiger partial charge on any atom is -0.465 e. The number of aromatic amines is 1. The van der Waals surface area contributed by atoms with Crippen molar-refractivity contribution in [3.63, 3.8) is 0 Å². The molecule has 2 atom stereocenters. The predicted molar refractivity (Wildman–Crippen MR) is 172 cm³/mol. The van der Waals surface area contributed by atoms with Crippen LogP contribution in [0.1, 0.15) is 32.8 Å². The maximum atomic E-state index is 12.1. The molecule has 0 saturated carbocycles. The van der Waals surface area contributed by atoms with Crippen LogP contribution in [0.15, 0.2) is 85.5 Å². The molecule has 2 fully saturated rings. The smallest absolute Gasteiger partial charge is 0.407 e. The van der Waals surface area contributed by atoms with Crippen LogP contribution in [-0.4, -0.2) is 75.4 Å². The van der Waals surface area contributed by atoms with E-state index in [1.807, 2.05) is 47.2 Å². The Morgan fingerprint density at radius 1 is 1.02 bits per heavy atom. The number of pyridine rings is 1. The molecule has 6 aromatic rings. The lowest BCUT2D eigenvalue weighted by atomic mass is 9.73. The van der Waals surface area contributed by atoms with Crippen LogP contribution < -0.4 is 0 Å².